The predicted molar refractivity (Wildman–Crippen MR) is 109 cm³/mol. The number of H-pyrrole nitrogens is 1. The number of hydrogen-bond acceptors (Lipinski definition) is 0. The number of nitrogens with one attached hydrogen (secondary N) is 1. The Morgan fingerprint density at radius 2 is 1.43 bits per heavy atom. The van der Waals surface area contributed by atoms with Crippen LogP contribution in [0.4, 0.5) is 13.2 Å². The van der Waals surface area contributed by atoms with E-state index in [2.05, 4.69) is 27.0 Å². The minimum absolute atomic E-state index is 0.151. The number of halogens is 4. The quantitative estimate of drug-likeness (QED) is 0.337. The van der Waals surface area contributed by atoms with Gasteiger partial charge in [-0.25, -0.2) is 0 Å². The van der Waals surface area contributed by atoms with Gasteiger partial charge in [0.15, 0.2) is 0 Å². The Balaban J connectivity index is 1.83. The van der Waals surface area contributed by atoms with Gasteiger partial charge in [-0.1, -0.05) is 58.4 Å². The van der Waals surface area contributed by atoms with Gasteiger partial charge in [-0.15, -0.1) is 0 Å². The molecule has 0 aliphatic carbocycles. The maximum atomic E-state index is 13.6. The van der Waals surface area contributed by atoms with Crippen LogP contribution in [0, 0.1) is 6.07 Å². The smallest absolute Gasteiger partial charge is 0.361 e. The molecule has 5 heteroatoms. The summed E-state index contributed by atoms with van der Waals surface area (Å²) in [6, 6.07) is 23.7. The van der Waals surface area contributed by atoms with E-state index >= 15 is 0 Å². The van der Waals surface area contributed by atoms with Crippen molar-refractivity contribution >= 4 is 15.9 Å². The molecule has 0 fully saturated rings. The lowest BCUT2D eigenvalue weighted by molar-refractivity contribution is -0.137. The molecule has 1 aromatic heterocycles. The summed E-state index contributed by atoms with van der Waals surface area (Å²) < 4.78 is 41.8. The van der Waals surface area contributed by atoms with Gasteiger partial charge in [-0.3, -0.25) is 0 Å². The molecule has 4 rings (SSSR count). The van der Waals surface area contributed by atoms with Crippen LogP contribution < -0.4 is 0 Å². The summed E-state index contributed by atoms with van der Waals surface area (Å²) in [4.78, 5) is 3.08. The first-order valence-corrected chi connectivity index (χ1v) is 9.33. The van der Waals surface area contributed by atoms with Gasteiger partial charge in [-0.2, -0.15) is 13.2 Å². The molecule has 0 spiro atoms. The van der Waals surface area contributed by atoms with Crippen molar-refractivity contribution in [3.63, 3.8) is 0 Å². The third-order valence-corrected chi connectivity index (χ3v) is 5.05. The van der Waals surface area contributed by atoms with E-state index in [-0.39, 0.29) is 5.56 Å². The van der Waals surface area contributed by atoms with Crippen molar-refractivity contribution in [2.45, 2.75) is 6.18 Å². The average molecular weight is 441 g/mol. The summed E-state index contributed by atoms with van der Waals surface area (Å²) in [5.74, 6) is 0. The first-order chi connectivity index (χ1) is 13.4. The Hall–Kier alpha value is -2.79. The number of alkyl halides is 3. The standard InChI is InChI=1S/C23H14BrF3N/c24-19-9-6-15(7-10-19)17-8-11-21(23(25,26)27)20(12-17)18-13-22(28-14-18)16-4-2-1-3-5-16/h2-14,28H. The van der Waals surface area contributed by atoms with Crippen LogP contribution in [0.25, 0.3) is 33.5 Å². The molecule has 0 aliphatic heterocycles. The molecule has 1 radical (unpaired) electrons. The molecule has 4 aromatic rings. The van der Waals surface area contributed by atoms with E-state index in [1.165, 1.54) is 6.07 Å². The number of hydrogen-bond donors (Lipinski definition) is 1. The summed E-state index contributed by atoms with van der Waals surface area (Å²) in [5, 5.41) is 0. The van der Waals surface area contributed by atoms with Crippen LogP contribution in [0.5, 0.6) is 0 Å². The Morgan fingerprint density at radius 1 is 0.750 bits per heavy atom. The largest absolute Gasteiger partial charge is 0.417 e. The molecule has 0 unspecified atom stereocenters. The van der Waals surface area contributed by atoms with Crippen molar-refractivity contribution in [1.82, 2.24) is 4.98 Å². The van der Waals surface area contributed by atoms with Gasteiger partial charge in [0.2, 0.25) is 0 Å². The fourth-order valence-electron chi connectivity index (χ4n) is 3.14. The van der Waals surface area contributed by atoms with E-state index in [1.54, 1.807) is 30.5 Å². The van der Waals surface area contributed by atoms with Crippen molar-refractivity contribution in [3.8, 4) is 33.5 Å². The molecule has 1 N–H and O–H groups in total. The first-order valence-electron chi connectivity index (χ1n) is 8.54. The highest BCUT2D eigenvalue weighted by molar-refractivity contribution is 9.10. The average Bonchev–Trinajstić information content (AvgIpc) is 3.18. The molecule has 1 nitrogen and oxygen atoms in total. The van der Waals surface area contributed by atoms with Crippen molar-refractivity contribution < 1.29 is 13.2 Å². The van der Waals surface area contributed by atoms with E-state index in [9.17, 15) is 13.2 Å². The first kappa shape index (κ1) is 18.6. The van der Waals surface area contributed by atoms with E-state index < -0.39 is 11.7 Å². The number of benzene rings is 3. The lowest BCUT2D eigenvalue weighted by atomic mass is 9.95. The molecule has 0 atom stereocenters. The normalized spacial score (nSPS) is 11.6. The number of rotatable bonds is 3. The third-order valence-electron chi connectivity index (χ3n) is 4.53. The monoisotopic (exact) mass is 440 g/mol. The minimum Gasteiger partial charge on any atom is -0.361 e. The molecule has 0 bridgehead atoms. The Kier molecular flexibility index (Phi) is 4.85. The van der Waals surface area contributed by atoms with Crippen LogP contribution >= 0.6 is 15.9 Å². The second-order valence-corrected chi connectivity index (χ2v) is 7.27. The van der Waals surface area contributed by atoms with Gasteiger partial charge >= 0.3 is 6.18 Å². The Labute approximate surface area is 169 Å². The van der Waals surface area contributed by atoms with Gasteiger partial charge in [0, 0.05) is 21.9 Å². The predicted octanol–water partition coefficient (Wildman–Crippen LogP) is 7.60. The molecule has 3 aromatic carbocycles. The van der Waals surface area contributed by atoms with Gasteiger partial charge in [0.25, 0.3) is 0 Å². The fraction of sp³-hybridized carbons (Fsp3) is 0.0435. The molecule has 1 heterocycles. The second-order valence-electron chi connectivity index (χ2n) is 6.36. The minimum atomic E-state index is -4.44. The van der Waals surface area contributed by atoms with Crippen molar-refractivity contribution in [1.29, 1.82) is 0 Å². The zero-order valence-corrected chi connectivity index (χ0v) is 16.1. The van der Waals surface area contributed by atoms with Crippen molar-refractivity contribution in [3.05, 3.63) is 95.1 Å². The molecule has 0 saturated carbocycles. The van der Waals surface area contributed by atoms with Crippen molar-refractivity contribution in [2.75, 3.05) is 0 Å². The Morgan fingerprint density at radius 3 is 2.11 bits per heavy atom. The van der Waals surface area contributed by atoms with Gasteiger partial charge in [0.05, 0.1) is 5.56 Å². The molecule has 139 valence electrons. The van der Waals surface area contributed by atoms with Crippen LogP contribution in [-0.4, -0.2) is 4.98 Å². The SMILES string of the molecule is FC(F)(F)c1ccc(-c2ccc(Br)cc2)cc1-c1c[nH]c(-c2cc[c]cc2)c1. The van der Waals surface area contributed by atoms with Crippen LogP contribution in [0.2, 0.25) is 0 Å². The van der Waals surface area contributed by atoms with Crippen LogP contribution in [0.3, 0.4) is 0 Å². The van der Waals surface area contributed by atoms with Crippen LogP contribution in [0.1, 0.15) is 5.56 Å². The molecule has 0 saturated heterocycles. The van der Waals surface area contributed by atoms with Gasteiger partial charge < -0.3 is 4.98 Å². The molecule has 28 heavy (non-hydrogen) atoms. The maximum Gasteiger partial charge on any atom is 0.417 e. The van der Waals surface area contributed by atoms with E-state index in [4.69, 9.17) is 0 Å². The number of aromatic nitrogens is 1. The third kappa shape index (κ3) is 3.76. The van der Waals surface area contributed by atoms with Crippen LogP contribution in [0.15, 0.2) is 83.5 Å². The zero-order chi connectivity index (χ0) is 19.7. The molecular formula is C23H14BrF3N. The summed E-state index contributed by atoms with van der Waals surface area (Å²) in [6.07, 6.45) is -2.82. The summed E-state index contributed by atoms with van der Waals surface area (Å²) in [7, 11) is 0. The summed E-state index contributed by atoms with van der Waals surface area (Å²) in [5.41, 5.74) is 3.22. The lowest BCUT2D eigenvalue weighted by Crippen LogP contribution is -2.07. The summed E-state index contributed by atoms with van der Waals surface area (Å²) >= 11 is 3.38. The Bertz CT molecular complexity index is 1100. The highest BCUT2D eigenvalue weighted by Crippen LogP contribution is 2.40. The van der Waals surface area contributed by atoms with E-state index in [1.807, 2.05) is 36.4 Å². The van der Waals surface area contributed by atoms with Crippen LogP contribution in [-0.2, 0) is 6.18 Å². The topological polar surface area (TPSA) is 15.8 Å². The highest BCUT2D eigenvalue weighted by atomic mass is 79.9. The molecule has 0 amide bonds. The molecular weight excluding hydrogens is 427 g/mol. The van der Waals surface area contributed by atoms with E-state index in [0.717, 1.165) is 32.9 Å². The number of aromatic amines is 1. The van der Waals surface area contributed by atoms with Crippen molar-refractivity contribution in [2.24, 2.45) is 0 Å². The second kappa shape index (κ2) is 7.32. The fourth-order valence-corrected chi connectivity index (χ4v) is 3.40. The maximum absolute atomic E-state index is 13.6. The van der Waals surface area contributed by atoms with Gasteiger partial charge in [-0.05, 0) is 58.7 Å². The molecule has 0 aliphatic rings. The van der Waals surface area contributed by atoms with Gasteiger partial charge in [0.1, 0.15) is 0 Å². The summed E-state index contributed by atoms with van der Waals surface area (Å²) in [6.45, 7) is 0. The zero-order valence-electron chi connectivity index (χ0n) is 14.5. The van der Waals surface area contributed by atoms with E-state index in [0.29, 0.717) is 5.56 Å². The highest BCUT2D eigenvalue weighted by Gasteiger charge is 2.34. The lowest BCUT2D eigenvalue weighted by Gasteiger charge is -2.14.